The van der Waals surface area contributed by atoms with Crippen molar-refractivity contribution in [1.29, 1.82) is 0 Å². The molecule has 0 radical (unpaired) electrons. The van der Waals surface area contributed by atoms with Crippen LogP contribution in [0.3, 0.4) is 0 Å². The summed E-state index contributed by atoms with van der Waals surface area (Å²) in [5.74, 6) is 0.888. The van der Waals surface area contributed by atoms with E-state index < -0.39 is 17.2 Å². The third-order valence-electron chi connectivity index (χ3n) is 6.43. The van der Waals surface area contributed by atoms with Crippen LogP contribution in [0.4, 0.5) is 0 Å². The van der Waals surface area contributed by atoms with Crippen LogP contribution in [-0.4, -0.2) is 60.0 Å². The zero-order valence-electron chi connectivity index (χ0n) is 17.6. The Kier molecular flexibility index (Phi) is 6.32. The summed E-state index contributed by atoms with van der Waals surface area (Å²) in [7, 11) is 1.69. The highest BCUT2D eigenvalue weighted by Crippen LogP contribution is 2.40. The first kappa shape index (κ1) is 21.1. The van der Waals surface area contributed by atoms with Gasteiger partial charge in [0.25, 0.3) is 0 Å². The zero-order chi connectivity index (χ0) is 20.4. The number of likely N-dealkylation sites (tertiary alicyclic amines) is 1. The fourth-order valence-electron chi connectivity index (χ4n) is 4.60. The molecule has 1 spiro atoms. The minimum atomic E-state index is -0.699. The molecule has 1 aromatic carbocycles. The van der Waals surface area contributed by atoms with Crippen LogP contribution in [0.25, 0.3) is 0 Å². The fourth-order valence-corrected chi connectivity index (χ4v) is 4.60. The summed E-state index contributed by atoms with van der Waals surface area (Å²) in [4.78, 5) is 14.4. The van der Waals surface area contributed by atoms with Gasteiger partial charge in [-0.25, -0.2) is 0 Å². The molecule has 0 bridgehead atoms. The van der Waals surface area contributed by atoms with Gasteiger partial charge in [-0.2, -0.15) is 0 Å². The molecular weight excluding hydrogens is 356 g/mol. The third-order valence-corrected chi connectivity index (χ3v) is 6.43. The van der Waals surface area contributed by atoms with Crippen LogP contribution in [0.15, 0.2) is 18.2 Å². The van der Waals surface area contributed by atoms with Gasteiger partial charge in [0, 0.05) is 32.7 Å². The summed E-state index contributed by atoms with van der Waals surface area (Å²) in [6, 6.07) is 6.30. The number of piperidine rings is 1. The van der Waals surface area contributed by atoms with E-state index in [0.29, 0.717) is 19.4 Å². The topological polar surface area (TPSA) is 71.0 Å². The Balaban J connectivity index is 1.63. The van der Waals surface area contributed by atoms with E-state index in [-0.39, 0.29) is 5.91 Å². The maximum atomic E-state index is 12.0. The highest BCUT2D eigenvalue weighted by molar-refractivity contribution is 5.76. The van der Waals surface area contributed by atoms with Crippen LogP contribution in [0.2, 0.25) is 0 Å². The number of nitrogens with zero attached hydrogens (tertiary/aromatic N) is 1. The van der Waals surface area contributed by atoms with E-state index >= 15 is 0 Å². The van der Waals surface area contributed by atoms with Crippen LogP contribution in [0, 0.1) is 6.92 Å². The number of ether oxygens (including phenoxy) is 2. The summed E-state index contributed by atoms with van der Waals surface area (Å²) in [5.41, 5.74) is 1.21. The standard InChI is InChI=1S/C22H34N2O4/c1-5-19(25)23-21(3)10-13-28-22(20(21)26)8-11-24(12-9-22)15-17-6-7-18(27-4)16(2)14-17/h6-7,14,20,26H,5,8-13,15H2,1-4H3,(H,23,25)/t20-,21+/m1/s1. The summed E-state index contributed by atoms with van der Waals surface area (Å²) in [6.45, 7) is 9.00. The zero-order valence-corrected chi connectivity index (χ0v) is 17.6. The molecule has 2 aliphatic rings. The van der Waals surface area contributed by atoms with E-state index in [0.717, 1.165) is 43.8 Å². The van der Waals surface area contributed by atoms with E-state index in [4.69, 9.17) is 9.47 Å². The van der Waals surface area contributed by atoms with Crippen LogP contribution < -0.4 is 10.1 Å². The molecule has 2 fully saturated rings. The average Bonchev–Trinajstić information content (AvgIpc) is 2.68. The molecule has 0 aliphatic carbocycles. The maximum Gasteiger partial charge on any atom is 0.220 e. The second-order valence-corrected chi connectivity index (χ2v) is 8.47. The molecule has 2 atom stereocenters. The second-order valence-electron chi connectivity index (χ2n) is 8.47. The molecule has 6 heteroatoms. The average molecular weight is 391 g/mol. The van der Waals surface area contributed by atoms with E-state index in [1.54, 1.807) is 7.11 Å². The largest absolute Gasteiger partial charge is 0.496 e. The Hall–Kier alpha value is -1.63. The number of rotatable bonds is 5. The van der Waals surface area contributed by atoms with Gasteiger partial charge in [0.15, 0.2) is 0 Å². The monoisotopic (exact) mass is 390 g/mol. The SMILES string of the molecule is CCC(=O)N[C@@]1(C)CCOC2(CCN(Cc3ccc(OC)c(C)c3)CC2)[C@@H]1O. The second kappa shape index (κ2) is 8.39. The van der Waals surface area contributed by atoms with Crippen molar-refractivity contribution < 1.29 is 19.4 Å². The van der Waals surface area contributed by atoms with E-state index in [2.05, 4.69) is 29.3 Å². The van der Waals surface area contributed by atoms with Gasteiger partial charge >= 0.3 is 0 Å². The van der Waals surface area contributed by atoms with E-state index in [1.165, 1.54) is 5.56 Å². The smallest absolute Gasteiger partial charge is 0.220 e. The molecular formula is C22H34N2O4. The molecule has 28 heavy (non-hydrogen) atoms. The van der Waals surface area contributed by atoms with Crippen LogP contribution in [0.5, 0.6) is 5.75 Å². The molecule has 1 amide bonds. The van der Waals surface area contributed by atoms with Crippen LogP contribution >= 0.6 is 0 Å². The molecule has 0 unspecified atom stereocenters. The Morgan fingerprint density at radius 2 is 2.07 bits per heavy atom. The molecule has 3 rings (SSSR count). The van der Waals surface area contributed by atoms with Crippen molar-refractivity contribution in [2.45, 2.75) is 70.2 Å². The Bertz CT molecular complexity index is 700. The summed E-state index contributed by atoms with van der Waals surface area (Å²) >= 11 is 0. The number of hydrogen-bond acceptors (Lipinski definition) is 5. The number of benzene rings is 1. The maximum absolute atomic E-state index is 12.0. The van der Waals surface area contributed by atoms with Gasteiger partial charge in [-0.1, -0.05) is 19.1 Å². The number of nitrogens with one attached hydrogen (secondary N) is 1. The van der Waals surface area contributed by atoms with Gasteiger partial charge < -0.3 is 19.9 Å². The fraction of sp³-hybridized carbons (Fsp3) is 0.682. The number of hydrogen-bond donors (Lipinski definition) is 2. The van der Waals surface area contributed by atoms with Gasteiger partial charge in [0.05, 0.1) is 18.2 Å². The lowest BCUT2D eigenvalue weighted by Crippen LogP contribution is -2.69. The molecule has 0 aromatic heterocycles. The van der Waals surface area contributed by atoms with Gasteiger partial charge in [-0.3, -0.25) is 9.69 Å². The number of amides is 1. The van der Waals surface area contributed by atoms with E-state index in [1.807, 2.05) is 19.9 Å². The molecule has 156 valence electrons. The molecule has 6 nitrogen and oxygen atoms in total. The van der Waals surface area contributed by atoms with Crippen LogP contribution in [0.1, 0.15) is 50.7 Å². The van der Waals surface area contributed by atoms with Crippen LogP contribution in [-0.2, 0) is 16.1 Å². The van der Waals surface area contributed by atoms with E-state index in [9.17, 15) is 9.90 Å². The quantitative estimate of drug-likeness (QED) is 0.808. The summed E-state index contributed by atoms with van der Waals surface area (Å²) in [6.07, 6.45) is 1.89. The number of aryl methyl sites for hydroxylation is 1. The first-order valence-electron chi connectivity index (χ1n) is 10.3. The predicted octanol–water partition coefficient (Wildman–Crippen LogP) is 2.40. The highest BCUT2D eigenvalue weighted by Gasteiger charge is 2.53. The lowest BCUT2D eigenvalue weighted by molar-refractivity contribution is -0.208. The van der Waals surface area contributed by atoms with Crippen molar-refractivity contribution in [3.8, 4) is 5.75 Å². The summed E-state index contributed by atoms with van der Waals surface area (Å²) < 4.78 is 11.5. The Morgan fingerprint density at radius 3 is 2.68 bits per heavy atom. The van der Waals surface area contributed by atoms with Crippen molar-refractivity contribution in [3.63, 3.8) is 0 Å². The molecule has 2 aliphatic heterocycles. The summed E-state index contributed by atoms with van der Waals surface area (Å²) in [5, 5.41) is 14.2. The lowest BCUT2D eigenvalue weighted by atomic mass is 9.73. The van der Waals surface area contributed by atoms with Gasteiger partial charge in [-0.05, 0) is 50.3 Å². The number of carbonyl (C=O) groups is 1. The van der Waals surface area contributed by atoms with Gasteiger partial charge in [0.1, 0.15) is 11.9 Å². The predicted molar refractivity (Wildman–Crippen MR) is 108 cm³/mol. The van der Waals surface area contributed by atoms with Crippen molar-refractivity contribution in [2.24, 2.45) is 0 Å². The molecule has 2 N–H and O–H groups in total. The number of methoxy groups -OCH3 is 1. The minimum absolute atomic E-state index is 0.0223. The number of carbonyl (C=O) groups excluding carboxylic acids is 1. The molecule has 2 saturated heterocycles. The lowest BCUT2D eigenvalue weighted by Gasteiger charge is -2.53. The highest BCUT2D eigenvalue weighted by atomic mass is 16.5. The molecule has 1 aromatic rings. The number of aliphatic hydroxyl groups is 1. The Labute approximate surface area is 168 Å². The van der Waals surface area contributed by atoms with Crippen molar-refractivity contribution >= 4 is 5.91 Å². The normalized spacial score (nSPS) is 27.5. The minimum Gasteiger partial charge on any atom is -0.496 e. The number of aliphatic hydroxyl groups excluding tert-OH is 1. The molecule has 2 heterocycles. The first-order valence-corrected chi connectivity index (χ1v) is 10.3. The van der Waals surface area contributed by atoms with Crippen molar-refractivity contribution in [3.05, 3.63) is 29.3 Å². The first-order chi connectivity index (χ1) is 13.3. The Morgan fingerprint density at radius 1 is 1.36 bits per heavy atom. The molecule has 0 saturated carbocycles. The van der Waals surface area contributed by atoms with Gasteiger partial charge in [0.2, 0.25) is 5.91 Å². The van der Waals surface area contributed by atoms with Gasteiger partial charge in [-0.15, -0.1) is 0 Å². The van der Waals surface area contributed by atoms with Crippen molar-refractivity contribution in [1.82, 2.24) is 10.2 Å². The third kappa shape index (κ3) is 4.19. The van der Waals surface area contributed by atoms with Crippen molar-refractivity contribution in [2.75, 3.05) is 26.8 Å².